The first-order valence-corrected chi connectivity index (χ1v) is 11.4. The first-order chi connectivity index (χ1) is 10.4. The molecule has 22 heavy (non-hydrogen) atoms. The summed E-state index contributed by atoms with van der Waals surface area (Å²) in [5, 5.41) is 1.53. The van der Waals surface area contributed by atoms with Crippen LogP contribution in [0, 0.1) is 6.92 Å². The molecule has 1 atom stereocenters. The molecule has 0 unspecified atom stereocenters. The third kappa shape index (κ3) is 3.86. The molecular weight excluding hydrogens is 280 g/mol. The van der Waals surface area contributed by atoms with Gasteiger partial charge in [-0.1, -0.05) is 91.6 Å². The first-order valence-electron chi connectivity index (χ1n) is 7.88. The van der Waals surface area contributed by atoms with Crippen LogP contribution < -0.4 is 0 Å². The fourth-order valence-corrected chi connectivity index (χ4v) is 4.66. The van der Waals surface area contributed by atoms with Gasteiger partial charge >= 0.3 is 0 Å². The van der Waals surface area contributed by atoms with Crippen molar-refractivity contribution < 1.29 is 0 Å². The summed E-state index contributed by atoms with van der Waals surface area (Å²) < 4.78 is 0. The highest BCUT2D eigenvalue weighted by molar-refractivity contribution is 6.84. The summed E-state index contributed by atoms with van der Waals surface area (Å²) in [5.74, 6) is 0.299. The molecule has 0 amide bonds. The molecule has 0 aliphatic rings. The predicted octanol–water partition coefficient (Wildman–Crippen LogP) is 6.23. The minimum absolute atomic E-state index is 0.299. The molecule has 0 bridgehead atoms. The van der Waals surface area contributed by atoms with E-state index < -0.39 is 8.07 Å². The zero-order valence-corrected chi connectivity index (χ0v) is 15.1. The number of hydrogen-bond acceptors (Lipinski definition) is 0. The summed E-state index contributed by atoms with van der Waals surface area (Å²) in [7, 11) is -1.47. The molecular formula is C21H26Si. The lowest BCUT2D eigenvalue weighted by Crippen LogP contribution is -2.28. The van der Waals surface area contributed by atoms with Gasteiger partial charge in [0.2, 0.25) is 0 Å². The van der Waals surface area contributed by atoms with Crippen LogP contribution >= 0.6 is 0 Å². The molecule has 0 aliphatic heterocycles. The van der Waals surface area contributed by atoms with Crippen molar-refractivity contribution in [3.05, 3.63) is 89.1 Å². The highest BCUT2D eigenvalue weighted by atomic mass is 28.3. The van der Waals surface area contributed by atoms with Gasteiger partial charge in [0.05, 0.1) is 8.07 Å². The second-order valence-corrected chi connectivity index (χ2v) is 11.9. The van der Waals surface area contributed by atoms with Gasteiger partial charge in [-0.3, -0.25) is 0 Å². The lowest BCUT2D eigenvalue weighted by Gasteiger charge is -2.29. The fourth-order valence-electron chi connectivity index (χ4n) is 2.86. The minimum Gasteiger partial charge on any atom is -0.102 e. The Morgan fingerprint density at radius 2 is 1.55 bits per heavy atom. The van der Waals surface area contributed by atoms with Crippen LogP contribution in [0.15, 0.2) is 72.4 Å². The van der Waals surface area contributed by atoms with Gasteiger partial charge in [-0.25, -0.2) is 0 Å². The number of allylic oxidation sites excluding steroid dienone is 2. The normalized spacial score (nSPS) is 13.7. The van der Waals surface area contributed by atoms with Gasteiger partial charge in [-0.15, -0.1) is 6.58 Å². The Labute approximate surface area is 136 Å². The minimum atomic E-state index is -1.47. The summed E-state index contributed by atoms with van der Waals surface area (Å²) in [6, 6.07) is 19.3. The van der Waals surface area contributed by atoms with Gasteiger partial charge in [-0.05, 0) is 23.6 Å². The number of rotatable bonds is 5. The van der Waals surface area contributed by atoms with E-state index in [0.29, 0.717) is 5.92 Å². The Kier molecular flexibility index (Phi) is 5.20. The molecule has 2 aromatic rings. The summed E-state index contributed by atoms with van der Waals surface area (Å²) in [5.41, 5.74) is 3.99. The SMILES string of the molecule is C=C[C@H](/C(=C\c1ccccc1)[Si](C)(C)C)c1ccccc1C. The van der Waals surface area contributed by atoms with Crippen LogP contribution in [0.5, 0.6) is 0 Å². The number of benzene rings is 2. The lowest BCUT2D eigenvalue weighted by atomic mass is 9.93. The van der Waals surface area contributed by atoms with E-state index >= 15 is 0 Å². The second-order valence-electron chi connectivity index (χ2n) is 6.83. The van der Waals surface area contributed by atoms with Crippen LogP contribution in [0.2, 0.25) is 19.6 Å². The van der Waals surface area contributed by atoms with Crippen molar-refractivity contribution in [3.63, 3.8) is 0 Å². The molecule has 0 radical (unpaired) electrons. The molecule has 0 aliphatic carbocycles. The Bertz CT molecular complexity index is 660. The molecule has 0 spiro atoms. The molecule has 0 heterocycles. The largest absolute Gasteiger partial charge is 0.102 e. The van der Waals surface area contributed by atoms with Crippen molar-refractivity contribution in [2.75, 3.05) is 0 Å². The Hall–Kier alpha value is -1.86. The average molecular weight is 307 g/mol. The van der Waals surface area contributed by atoms with Crippen molar-refractivity contribution in [1.29, 1.82) is 0 Å². The summed E-state index contributed by atoms with van der Waals surface area (Å²) in [6.07, 6.45) is 4.49. The second kappa shape index (κ2) is 6.93. The molecule has 1 heteroatoms. The quantitative estimate of drug-likeness (QED) is 0.454. The molecule has 0 saturated carbocycles. The highest BCUT2D eigenvalue weighted by Gasteiger charge is 2.27. The van der Waals surface area contributed by atoms with Gasteiger partial charge in [0.1, 0.15) is 0 Å². The van der Waals surface area contributed by atoms with E-state index in [4.69, 9.17) is 0 Å². The fraction of sp³-hybridized carbons (Fsp3) is 0.238. The van der Waals surface area contributed by atoms with Crippen LogP contribution in [0.4, 0.5) is 0 Å². The maximum atomic E-state index is 4.14. The maximum Gasteiger partial charge on any atom is 0.0736 e. The Morgan fingerprint density at radius 1 is 0.955 bits per heavy atom. The smallest absolute Gasteiger partial charge is 0.0736 e. The van der Waals surface area contributed by atoms with E-state index in [1.165, 1.54) is 21.9 Å². The van der Waals surface area contributed by atoms with Crippen LogP contribution in [0.1, 0.15) is 22.6 Å². The summed E-state index contributed by atoms with van der Waals surface area (Å²) in [6.45, 7) is 13.6. The Balaban J connectivity index is 2.56. The van der Waals surface area contributed by atoms with E-state index in [9.17, 15) is 0 Å². The topological polar surface area (TPSA) is 0 Å². The molecule has 114 valence electrons. The van der Waals surface area contributed by atoms with Gasteiger partial charge < -0.3 is 0 Å². The van der Waals surface area contributed by atoms with E-state index in [-0.39, 0.29) is 0 Å². The zero-order valence-electron chi connectivity index (χ0n) is 14.1. The van der Waals surface area contributed by atoms with Gasteiger partial charge in [0.15, 0.2) is 0 Å². The van der Waals surface area contributed by atoms with E-state index in [2.05, 4.69) is 99.9 Å². The summed E-state index contributed by atoms with van der Waals surface area (Å²) in [4.78, 5) is 0. The van der Waals surface area contributed by atoms with E-state index in [1.54, 1.807) is 0 Å². The molecule has 0 N–H and O–H groups in total. The van der Waals surface area contributed by atoms with Crippen LogP contribution in [0.3, 0.4) is 0 Å². The third-order valence-corrected chi connectivity index (χ3v) is 6.27. The van der Waals surface area contributed by atoms with Crippen molar-refractivity contribution in [2.24, 2.45) is 0 Å². The monoisotopic (exact) mass is 306 g/mol. The highest BCUT2D eigenvalue weighted by Crippen LogP contribution is 2.35. The molecule has 0 saturated heterocycles. The lowest BCUT2D eigenvalue weighted by molar-refractivity contribution is 1.03. The maximum absolute atomic E-state index is 4.14. The van der Waals surface area contributed by atoms with Crippen LogP contribution in [-0.4, -0.2) is 8.07 Å². The predicted molar refractivity (Wildman–Crippen MR) is 102 cm³/mol. The van der Waals surface area contributed by atoms with Crippen LogP contribution in [0.25, 0.3) is 6.08 Å². The van der Waals surface area contributed by atoms with Crippen molar-refractivity contribution in [2.45, 2.75) is 32.5 Å². The van der Waals surface area contributed by atoms with Gasteiger partial charge in [0, 0.05) is 5.92 Å². The summed E-state index contributed by atoms with van der Waals surface area (Å²) >= 11 is 0. The van der Waals surface area contributed by atoms with Gasteiger partial charge in [-0.2, -0.15) is 0 Å². The van der Waals surface area contributed by atoms with Crippen LogP contribution in [-0.2, 0) is 0 Å². The van der Waals surface area contributed by atoms with E-state index in [1.807, 2.05) is 0 Å². The zero-order chi connectivity index (χ0) is 16.2. The number of hydrogen-bond donors (Lipinski definition) is 0. The molecule has 2 rings (SSSR count). The molecule has 0 aromatic heterocycles. The standard InChI is InChI=1S/C21H26Si/c1-6-19(20-15-11-10-12-17(20)2)21(22(3,4)5)16-18-13-8-7-9-14-18/h6-16,19H,1H2,2-5H3/b21-16+/t19-/m0/s1. The van der Waals surface area contributed by atoms with Crippen molar-refractivity contribution >= 4 is 14.1 Å². The van der Waals surface area contributed by atoms with E-state index in [0.717, 1.165) is 0 Å². The molecule has 0 fully saturated rings. The van der Waals surface area contributed by atoms with Crippen molar-refractivity contribution in [1.82, 2.24) is 0 Å². The third-order valence-electron chi connectivity index (χ3n) is 4.08. The Morgan fingerprint density at radius 3 is 2.09 bits per heavy atom. The molecule has 0 nitrogen and oxygen atoms in total. The molecule has 2 aromatic carbocycles. The van der Waals surface area contributed by atoms with Gasteiger partial charge in [0.25, 0.3) is 0 Å². The van der Waals surface area contributed by atoms with Crippen molar-refractivity contribution in [3.8, 4) is 0 Å². The average Bonchev–Trinajstić information content (AvgIpc) is 2.49. The number of aryl methyl sites for hydroxylation is 1. The first kappa shape index (κ1) is 16.5.